The third kappa shape index (κ3) is 1.90. The zero-order chi connectivity index (χ0) is 11.9. The van der Waals surface area contributed by atoms with Crippen LogP contribution in [0.4, 0.5) is 5.82 Å². The van der Waals surface area contributed by atoms with Crippen molar-refractivity contribution in [3.8, 4) is 0 Å². The van der Waals surface area contributed by atoms with Gasteiger partial charge in [-0.1, -0.05) is 0 Å². The lowest BCUT2D eigenvalue weighted by Crippen LogP contribution is -2.18. The Labute approximate surface area is 102 Å². The van der Waals surface area contributed by atoms with Crippen molar-refractivity contribution in [1.82, 2.24) is 19.6 Å². The van der Waals surface area contributed by atoms with E-state index in [-0.39, 0.29) is 5.69 Å². The van der Waals surface area contributed by atoms with Crippen LogP contribution >= 0.6 is 11.8 Å². The Balaban J connectivity index is 1.79. The Bertz CT molecular complexity index is 600. The third-order valence-electron chi connectivity index (χ3n) is 3.14. The summed E-state index contributed by atoms with van der Waals surface area (Å²) in [5.41, 5.74) is 0.323. The fourth-order valence-corrected chi connectivity index (χ4v) is 2.48. The molecular weight excluding hydrogens is 238 g/mol. The molecular formula is C10H13N5OS. The molecule has 0 radical (unpaired) electrons. The summed E-state index contributed by atoms with van der Waals surface area (Å²) < 4.78 is 1.77. The van der Waals surface area contributed by atoms with Crippen molar-refractivity contribution in [2.75, 3.05) is 18.1 Å². The summed E-state index contributed by atoms with van der Waals surface area (Å²) in [6, 6.07) is 1.77. The van der Waals surface area contributed by atoms with Gasteiger partial charge in [0.25, 0.3) is 0 Å². The summed E-state index contributed by atoms with van der Waals surface area (Å²) in [6.07, 6.45) is 6.14. The van der Waals surface area contributed by atoms with E-state index in [0.717, 1.165) is 12.4 Å². The summed E-state index contributed by atoms with van der Waals surface area (Å²) >= 11 is 1.90. The molecule has 1 saturated carbocycles. The number of nitrogens with one attached hydrogen (secondary N) is 2. The van der Waals surface area contributed by atoms with Crippen molar-refractivity contribution < 1.29 is 0 Å². The molecule has 0 bridgehead atoms. The topological polar surface area (TPSA) is 75.1 Å². The molecule has 17 heavy (non-hydrogen) atoms. The number of aromatic amines is 1. The standard InChI is InChI=1S/C10H13N5OS/c1-17-10(2-3-10)5-11-7-4-8-13-14-9(16)15(8)6-12-7/h4,6,11H,2-3,5H2,1H3,(H,14,16). The lowest BCUT2D eigenvalue weighted by molar-refractivity contribution is 0.931. The molecule has 0 spiro atoms. The van der Waals surface area contributed by atoms with Crippen LogP contribution in [0.2, 0.25) is 0 Å². The number of nitrogens with zero attached hydrogens (tertiary/aromatic N) is 3. The van der Waals surface area contributed by atoms with Gasteiger partial charge in [-0.25, -0.2) is 19.3 Å². The number of hydrogen-bond acceptors (Lipinski definition) is 5. The number of aromatic nitrogens is 4. The monoisotopic (exact) mass is 251 g/mol. The lowest BCUT2D eigenvalue weighted by atomic mass is 10.4. The maximum absolute atomic E-state index is 11.2. The second-order valence-corrected chi connectivity index (χ2v) is 5.55. The predicted molar refractivity (Wildman–Crippen MR) is 67.6 cm³/mol. The van der Waals surface area contributed by atoms with Gasteiger partial charge in [0.15, 0.2) is 5.65 Å². The Kier molecular flexibility index (Phi) is 2.36. The van der Waals surface area contributed by atoms with Crippen molar-refractivity contribution in [1.29, 1.82) is 0 Å². The minimum Gasteiger partial charge on any atom is -0.369 e. The number of thioether (sulfide) groups is 1. The second-order valence-electron chi connectivity index (χ2n) is 4.27. The minimum absolute atomic E-state index is 0.262. The molecule has 6 nitrogen and oxygen atoms in total. The number of rotatable bonds is 4. The van der Waals surface area contributed by atoms with E-state index in [2.05, 4.69) is 26.8 Å². The Morgan fingerprint density at radius 1 is 1.65 bits per heavy atom. The van der Waals surface area contributed by atoms with Gasteiger partial charge in [0.05, 0.1) is 0 Å². The molecule has 2 aromatic rings. The summed E-state index contributed by atoms with van der Waals surface area (Å²) in [4.78, 5) is 15.4. The molecule has 2 heterocycles. The molecule has 1 aliphatic carbocycles. The predicted octanol–water partition coefficient (Wildman–Crippen LogP) is 0.725. The molecule has 0 aliphatic heterocycles. The largest absolute Gasteiger partial charge is 0.369 e. The van der Waals surface area contributed by atoms with Crippen LogP contribution in [-0.2, 0) is 0 Å². The summed E-state index contributed by atoms with van der Waals surface area (Å²) in [7, 11) is 0. The Morgan fingerprint density at radius 3 is 3.18 bits per heavy atom. The van der Waals surface area contributed by atoms with Crippen molar-refractivity contribution >= 4 is 23.2 Å². The van der Waals surface area contributed by atoms with Gasteiger partial charge in [-0.3, -0.25) is 0 Å². The van der Waals surface area contributed by atoms with Crippen LogP contribution in [0.25, 0.3) is 5.65 Å². The van der Waals surface area contributed by atoms with E-state index in [0.29, 0.717) is 10.4 Å². The molecule has 0 saturated heterocycles. The van der Waals surface area contributed by atoms with Gasteiger partial charge < -0.3 is 5.32 Å². The Hall–Kier alpha value is -1.50. The van der Waals surface area contributed by atoms with Gasteiger partial charge in [0.1, 0.15) is 12.1 Å². The van der Waals surface area contributed by atoms with Gasteiger partial charge in [-0.15, -0.1) is 0 Å². The molecule has 1 aliphatic rings. The molecule has 2 N–H and O–H groups in total. The van der Waals surface area contributed by atoms with Crippen LogP contribution in [0.1, 0.15) is 12.8 Å². The zero-order valence-corrected chi connectivity index (χ0v) is 10.3. The van der Waals surface area contributed by atoms with E-state index in [9.17, 15) is 4.79 Å². The number of H-pyrrole nitrogens is 1. The van der Waals surface area contributed by atoms with Crippen LogP contribution < -0.4 is 11.0 Å². The molecule has 3 rings (SSSR count). The minimum atomic E-state index is -0.262. The summed E-state index contributed by atoms with van der Waals surface area (Å²) in [5.74, 6) is 0.761. The summed E-state index contributed by atoms with van der Waals surface area (Å²) in [5, 5.41) is 9.58. The van der Waals surface area contributed by atoms with Crippen molar-refractivity contribution in [3.05, 3.63) is 22.9 Å². The van der Waals surface area contributed by atoms with Crippen LogP contribution in [0.5, 0.6) is 0 Å². The van der Waals surface area contributed by atoms with Gasteiger partial charge in [-0.2, -0.15) is 16.9 Å². The average Bonchev–Trinajstić information content (AvgIpc) is 3.06. The summed E-state index contributed by atoms with van der Waals surface area (Å²) in [6.45, 7) is 0.909. The molecule has 0 atom stereocenters. The first-order chi connectivity index (χ1) is 8.22. The van der Waals surface area contributed by atoms with E-state index in [1.54, 1.807) is 6.07 Å². The van der Waals surface area contributed by atoms with Gasteiger partial charge in [0.2, 0.25) is 0 Å². The van der Waals surface area contributed by atoms with Gasteiger partial charge >= 0.3 is 5.69 Å². The highest BCUT2D eigenvalue weighted by Crippen LogP contribution is 2.46. The number of anilines is 1. The highest BCUT2D eigenvalue weighted by atomic mass is 32.2. The SMILES string of the molecule is CSC1(CNc2cc3n[nH]c(=O)n3cn2)CC1. The normalized spacial score (nSPS) is 17.2. The quantitative estimate of drug-likeness (QED) is 0.837. The average molecular weight is 251 g/mol. The van der Waals surface area contributed by atoms with Gasteiger partial charge in [0, 0.05) is 17.4 Å². The maximum Gasteiger partial charge on any atom is 0.348 e. The molecule has 0 unspecified atom stereocenters. The molecule has 2 aromatic heterocycles. The lowest BCUT2D eigenvalue weighted by Gasteiger charge is -2.13. The fraction of sp³-hybridized carbons (Fsp3) is 0.500. The zero-order valence-electron chi connectivity index (χ0n) is 9.43. The highest BCUT2D eigenvalue weighted by molar-refractivity contribution is 8.00. The maximum atomic E-state index is 11.2. The number of hydrogen-bond donors (Lipinski definition) is 2. The Morgan fingerprint density at radius 2 is 2.47 bits per heavy atom. The molecule has 0 amide bonds. The molecule has 7 heteroatoms. The van der Waals surface area contributed by atoms with Crippen molar-refractivity contribution in [2.24, 2.45) is 0 Å². The first-order valence-electron chi connectivity index (χ1n) is 5.44. The van der Waals surface area contributed by atoms with Crippen molar-refractivity contribution in [2.45, 2.75) is 17.6 Å². The third-order valence-corrected chi connectivity index (χ3v) is 4.56. The first-order valence-corrected chi connectivity index (χ1v) is 6.67. The van der Waals surface area contributed by atoms with E-state index in [1.165, 1.54) is 23.6 Å². The first kappa shape index (κ1) is 10.6. The van der Waals surface area contributed by atoms with Crippen LogP contribution in [-0.4, -0.2) is 37.1 Å². The van der Waals surface area contributed by atoms with Crippen LogP contribution in [0.15, 0.2) is 17.2 Å². The van der Waals surface area contributed by atoms with E-state index >= 15 is 0 Å². The highest BCUT2D eigenvalue weighted by Gasteiger charge is 2.41. The molecule has 1 fully saturated rings. The van der Waals surface area contributed by atoms with E-state index < -0.39 is 0 Å². The fourth-order valence-electron chi connectivity index (χ4n) is 1.75. The van der Waals surface area contributed by atoms with Crippen LogP contribution in [0, 0.1) is 0 Å². The second kappa shape index (κ2) is 3.76. The molecule has 0 aromatic carbocycles. The van der Waals surface area contributed by atoms with Crippen molar-refractivity contribution in [3.63, 3.8) is 0 Å². The van der Waals surface area contributed by atoms with E-state index in [1.807, 2.05) is 11.8 Å². The number of fused-ring (bicyclic) bond motifs is 1. The smallest absolute Gasteiger partial charge is 0.348 e. The van der Waals surface area contributed by atoms with Gasteiger partial charge in [-0.05, 0) is 19.1 Å². The van der Waals surface area contributed by atoms with Crippen LogP contribution in [0.3, 0.4) is 0 Å². The molecule has 90 valence electrons. The van der Waals surface area contributed by atoms with E-state index in [4.69, 9.17) is 0 Å².